The first-order valence-corrected chi connectivity index (χ1v) is 27.8. The maximum Gasteiger partial charge on any atom is 0.239 e. The van der Waals surface area contributed by atoms with E-state index in [2.05, 4.69) is 0 Å². The normalized spacial score (nSPS) is 29.1. The fourth-order valence-corrected chi connectivity index (χ4v) is 17.1. The highest BCUT2D eigenvalue weighted by molar-refractivity contribution is 7.58. The molecular weight excluding hydrogens is 908 g/mol. The molecule has 8 nitrogen and oxygen atoms in total. The Morgan fingerprint density at radius 1 is 0.551 bits per heavy atom. The number of ether oxygens (including phenoxy) is 4. The van der Waals surface area contributed by atoms with E-state index in [1.165, 1.54) is 50.7 Å². The van der Waals surface area contributed by atoms with Crippen LogP contribution in [-0.4, -0.2) is 36.7 Å². The first kappa shape index (κ1) is 45.7. The van der Waals surface area contributed by atoms with Crippen LogP contribution in [0.15, 0.2) is 57.4 Å². The fraction of sp³-hybridized carbons (Fsp3) is 0.571. The van der Waals surface area contributed by atoms with E-state index in [9.17, 15) is 9.46 Å². The summed E-state index contributed by atoms with van der Waals surface area (Å²) in [5, 5.41) is 1.67. The molecule has 13 heteroatoms. The predicted octanol–water partition coefficient (Wildman–Crippen LogP) is 15.6. The van der Waals surface area contributed by atoms with Crippen molar-refractivity contribution in [3.8, 4) is 23.0 Å². The van der Waals surface area contributed by atoms with Crippen molar-refractivity contribution in [2.75, 3.05) is 26.0 Å². The van der Waals surface area contributed by atoms with Crippen molar-refractivity contribution in [2.45, 2.75) is 128 Å². The molecule has 4 aromatic carbocycles. The molecule has 0 aliphatic heterocycles. The zero-order chi connectivity index (χ0) is 47.2. The van der Waals surface area contributed by atoms with E-state index in [0.717, 1.165) is 80.5 Å². The summed E-state index contributed by atoms with van der Waals surface area (Å²) in [4.78, 5) is 11.4. The Bertz CT molecular complexity index is 2910. The van der Waals surface area contributed by atoms with Crippen LogP contribution in [0.3, 0.4) is 0 Å². The minimum atomic E-state index is -3.98. The summed E-state index contributed by atoms with van der Waals surface area (Å²) in [6.07, 6.45) is 17.5. The number of fused-ring (bicyclic) bond motifs is 6. The second-order valence-electron chi connectivity index (χ2n) is 22.7. The number of rotatable bonds is 19. The van der Waals surface area contributed by atoms with E-state index in [0.29, 0.717) is 60.4 Å². The van der Waals surface area contributed by atoms with Crippen LogP contribution in [-0.2, 0) is 4.57 Å². The molecule has 2 aromatic heterocycles. The van der Waals surface area contributed by atoms with Crippen molar-refractivity contribution in [1.82, 2.24) is 0 Å². The van der Waals surface area contributed by atoms with Gasteiger partial charge in [-0.05, 0) is 193 Å². The van der Waals surface area contributed by atoms with Gasteiger partial charge in [0.2, 0.25) is 30.6 Å². The van der Waals surface area contributed by atoms with Gasteiger partial charge in [-0.15, -0.1) is 0 Å². The summed E-state index contributed by atoms with van der Waals surface area (Å²) in [5.74, 6) is 0.379. The number of hydrogen-bond acceptors (Lipinski definition) is 7. The third-order valence-electron chi connectivity index (χ3n) is 17.5. The largest absolute Gasteiger partial charge is 0.490 e. The van der Waals surface area contributed by atoms with Crippen LogP contribution in [0.1, 0.15) is 122 Å². The molecule has 8 aliphatic rings. The molecule has 368 valence electrons. The van der Waals surface area contributed by atoms with E-state index < -0.39 is 36.5 Å². The summed E-state index contributed by atoms with van der Waals surface area (Å²) in [5.41, 5.74) is -0.232. The summed E-state index contributed by atoms with van der Waals surface area (Å²) >= 11 is 0. The lowest BCUT2D eigenvalue weighted by Crippen LogP contribution is -2.48. The quantitative estimate of drug-likeness (QED) is 0.0487. The zero-order valence-corrected chi connectivity index (χ0v) is 40.4. The van der Waals surface area contributed by atoms with E-state index >= 15 is 17.6 Å². The lowest BCUT2D eigenvalue weighted by molar-refractivity contribution is -0.0750. The van der Waals surface area contributed by atoms with Crippen LogP contribution < -0.4 is 18.9 Å². The van der Waals surface area contributed by atoms with Crippen LogP contribution in [0.4, 0.5) is 17.6 Å². The Balaban J connectivity index is 0.660. The predicted molar refractivity (Wildman–Crippen MR) is 257 cm³/mol. The topological polar surface area (TPSA) is 101 Å². The van der Waals surface area contributed by atoms with Gasteiger partial charge in [0.25, 0.3) is 0 Å². The molecule has 2 unspecified atom stereocenters. The monoisotopic (exact) mass is 970 g/mol. The van der Waals surface area contributed by atoms with Crippen LogP contribution in [0, 0.1) is 69.6 Å². The molecule has 2 heterocycles. The standard InChI is InChI=1S/C56H63F4O8P/c1-2-3-7-46(66-45-15-11-41-40-10-14-44(49(59)53(40)68-54(41)50(45)60)65-31-56-27-35-21-36(28-56)23-37(22-35)29-56)69(61,62)17-6-4-5-16-63-42-12-8-38-39-9-13-43(48(58)52(39)67-51(38)47(42)57)64-30-55-24-32-18-33(25-55)20-34(19-32)26-55/h8-15,32-37,46H,2-7,16-31H2,1H3,(H,61,62). The van der Waals surface area contributed by atoms with Gasteiger partial charge in [-0.1, -0.05) is 13.3 Å². The highest BCUT2D eigenvalue weighted by Crippen LogP contribution is 2.61. The van der Waals surface area contributed by atoms with Gasteiger partial charge in [0.1, 0.15) is 0 Å². The fourth-order valence-electron chi connectivity index (χ4n) is 15.2. The number of furan rings is 2. The summed E-state index contributed by atoms with van der Waals surface area (Å²) < 4.78 is 114. The van der Waals surface area contributed by atoms with Gasteiger partial charge in [0.05, 0.1) is 19.8 Å². The first-order valence-electron chi connectivity index (χ1n) is 25.9. The maximum atomic E-state index is 16.2. The second kappa shape index (κ2) is 17.7. The van der Waals surface area contributed by atoms with Gasteiger partial charge in [0, 0.05) is 38.5 Å². The molecule has 8 aliphatic carbocycles. The highest BCUT2D eigenvalue weighted by Gasteiger charge is 2.52. The minimum Gasteiger partial charge on any atom is -0.490 e. The number of hydrogen-bond donors (Lipinski definition) is 1. The van der Waals surface area contributed by atoms with Crippen molar-refractivity contribution < 1.29 is 54.8 Å². The first-order chi connectivity index (χ1) is 33.4. The third kappa shape index (κ3) is 8.39. The minimum absolute atomic E-state index is 0.0338. The van der Waals surface area contributed by atoms with E-state index in [1.54, 1.807) is 36.4 Å². The van der Waals surface area contributed by atoms with E-state index in [-0.39, 0.29) is 75.3 Å². The van der Waals surface area contributed by atoms with Crippen LogP contribution in [0.2, 0.25) is 0 Å². The van der Waals surface area contributed by atoms with Gasteiger partial charge in [-0.2, -0.15) is 17.6 Å². The molecule has 0 amide bonds. The molecule has 6 aromatic rings. The summed E-state index contributed by atoms with van der Waals surface area (Å²) in [6, 6.07) is 12.8. The van der Waals surface area contributed by atoms with Crippen LogP contribution in [0.25, 0.3) is 43.9 Å². The van der Waals surface area contributed by atoms with Crippen molar-refractivity contribution in [3.05, 3.63) is 71.8 Å². The van der Waals surface area contributed by atoms with Crippen LogP contribution in [0.5, 0.6) is 23.0 Å². The Kier molecular flexibility index (Phi) is 11.7. The van der Waals surface area contributed by atoms with E-state index in [1.807, 2.05) is 6.92 Å². The summed E-state index contributed by atoms with van der Waals surface area (Å²) in [7, 11) is -3.98. The maximum absolute atomic E-state index is 16.2. The van der Waals surface area contributed by atoms with Gasteiger partial charge in [0.15, 0.2) is 51.2 Å². The molecule has 69 heavy (non-hydrogen) atoms. The molecule has 1 N–H and O–H groups in total. The molecular formula is C56H63F4O8P. The molecule has 8 saturated carbocycles. The average molecular weight is 971 g/mol. The van der Waals surface area contributed by atoms with Gasteiger partial charge < -0.3 is 32.7 Å². The smallest absolute Gasteiger partial charge is 0.239 e. The van der Waals surface area contributed by atoms with E-state index in [4.69, 9.17) is 27.8 Å². The molecule has 2 atom stereocenters. The molecule has 0 radical (unpaired) electrons. The number of benzene rings is 4. The second-order valence-corrected chi connectivity index (χ2v) is 25.3. The molecule has 0 spiro atoms. The molecule has 14 rings (SSSR count). The zero-order valence-electron chi connectivity index (χ0n) is 39.5. The van der Waals surface area contributed by atoms with Crippen molar-refractivity contribution in [3.63, 3.8) is 0 Å². The molecule has 8 fully saturated rings. The van der Waals surface area contributed by atoms with Gasteiger partial charge >= 0.3 is 0 Å². The Morgan fingerprint density at radius 3 is 1.33 bits per heavy atom. The molecule has 8 bridgehead atoms. The lowest BCUT2D eigenvalue weighted by Gasteiger charge is -2.56. The van der Waals surface area contributed by atoms with Crippen molar-refractivity contribution in [2.24, 2.45) is 46.3 Å². The molecule has 0 saturated heterocycles. The van der Waals surface area contributed by atoms with Crippen LogP contribution >= 0.6 is 7.37 Å². The number of halogens is 4. The van der Waals surface area contributed by atoms with Gasteiger partial charge in [-0.25, -0.2) is 0 Å². The number of unbranched alkanes of at least 4 members (excludes halogenated alkanes) is 3. The summed E-state index contributed by atoms with van der Waals surface area (Å²) in [6.45, 7) is 3.03. The highest BCUT2D eigenvalue weighted by atomic mass is 31.2. The van der Waals surface area contributed by atoms with Crippen molar-refractivity contribution in [1.29, 1.82) is 0 Å². The Morgan fingerprint density at radius 2 is 0.928 bits per heavy atom. The average Bonchev–Trinajstić information content (AvgIpc) is 3.89. The Labute approximate surface area is 400 Å². The SMILES string of the molecule is CCCCC(Oc1ccc2c(oc3c(F)c(OCC45CC6CC(CC(C6)C4)C5)ccc32)c1F)P(=O)(O)CCCCCOc1ccc2c(oc3c(F)c(OCC45CC6CC(CC(C6)C4)C5)ccc32)c1F. The lowest BCUT2D eigenvalue weighted by atomic mass is 9.50. The van der Waals surface area contributed by atoms with Gasteiger partial charge in [-0.3, -0.25) is 4.57 Å². The Hall–Kier alpha value is -4.41. The third-order valence-corrected chi connectivity index (χ3v) is 19.8. The van der Waals surface area contributed by atoms with Crippen molar-refractivity contribution >= 4 is 51.2 Å².